The molecule has 0 aliphatic heterocycles. The lowest BCUT2D eigenvalue weighted by atomic mass is 9.93. The number of halogens is 1. The summed E-state index contributed by atoms with van der Waals surface area (Å²) >= 11 is 0. The zero-order chi connectivity index (χ0) is 15.8. The van der Waals surface area contributed by atoms with E-state index in [4.69, 9.17) is 5.11 Å². The van der Waals surface area contributed by atoms with Gasteiger partial charge >= 0.3 is 0 Å². The monoisotopic (exact) mass is 315 g/mol. The number of hydrogen-bond acceptors (Lipinski definition) is 3. The molecule has 1 fully saturated rings. The number of aliphatic hydroxyl groups is 1. The average molecular weight is 315 g/mol. The number of sulfonamides is 1. The summed E-state index contributed by atoms with van der Waals surface area (Å²) in [5.41, 5.74) is 0.273. The first-order valence-electron chi connectivity index (χ1n) is 7.11. The predicted octanol–water partition coefficient (Wildman–Crippen LogP) is 2.34. The third-order valence-electron chi connectivity index (χ3n) is 4.52. The molecule has 1 aromatic rings. The van der Waals surface area contributed by atoms with Gasteiger partial charge < -0.3 is 5.11 Å². The fourth-order valence-corrected chi connectivity index (χ4v) is 3.79. The molecule has 1 aromatic carbocycles. The predicted molar refractivity (Wildman–Crippen MR) is 78.8 cm³/mol. The molecule has 0 aromatic heterocycles. The van der Waals surface area contributed by atoms with Gasteiger partial charge in [0.15, 0.2) is 0 Å². The van der Waals surface area contributed by atoms with Crippen LogP contribution in [0, 0.1) is 24.1 Å². The lowest BCUT2D eigenvalue weighted by molar-refractivity contribution is 0.275. The molecule has 21 heavy (non-hydrogen) atoms. The molecule has 6 heteroatoms. The van der Waals surface area contributed by atoms with E-state index >= 15 is 0 Å². The van der Waals surface area contributed by atoms with Crippen LogP contribution in [-0.2, 0) is 16.6 Å². The van der Waals surface area contributed by atoms with Crippen molar-refractivity contribution in [3.05, 3.63) is 29.1 Å². The summed E-state index contributed by atoms with van der Waals surface area (Å²) < 4.78 is 41.0. The quantitative estimate of drug-likeness (QED) is 0.847. The maximum atomic E-state index is 13.7. The Bertz CT molecular complexity index is 637. The van der Waals surface area contributed by atoms with Crippen LogP contribution >= 0.6 is 0 Å². The van der Waals surface area contributed by atoms with Gasteiger partial charge in [-0.05, 0) is 48.8 Å². The van der Waals surface area contributed by atoms with Gasteiger partial charge in [-0.1, -0.05) is 13.8 Å². The summed E-state index contributed by atoms with van der Waals surface area (Å²) in [4.78, 5) is 0.00464. The molecule has 1 saturated carbocycles. The first-order valence-corrected chi connectivity index (χ1v) is 8.60. The lowest BCUT2D eigenvalue weighted by Gasteiger charge is -2.20. The van der Waals surface area contributed by atoms with Gasteiger partial charge in [-0.15, -0.1) is 0 Å². The van der Waals surface area contributed by atoms with Crippen molar-refractivity contribution < 1.29 is 17.9 Å². The van der Waals surface area contributed by atoms with Crippen LogP contribution in [0.5, 0.6) is 0 Å². The van der Waals surface area contributed by atoms with Gasteiger partial charge in [0.2, 0.25) is 10.0 Å². The van der Waals surface area contributed by atoms with Crippen molar-refractivity contribution in [3.63, 3.8) is 0 Å². The zero-order valence-corrected chi connectivity index (χ0v) is 13.4. The van der Waals surface area contributed by atoms with Crippen LogP contribution in [0.25, 0.3) is 0 Å². The Labute approximate surface area is 125 Å². The van der Waals surface area contributed by atoms with Crippen LogP contribution in [0.1, 0.15) is 37.8 Å². The minimum atomic E-state index is -3.69. The Morgan fingerprint density at radius 2 is 2.00 bits per heavy atom. The SMILES string of the molecule is Cc1cc(S(=O)(=O)NCC2(C(C)C)CC2)cc(CO)c1F. The Morgan fingerprint density at radius 3 is 2.48 bits per heavy atom. The molecule has 0 unspecified atom stereocenters. The molecule has 1 aliphatic carbocycles. The summed E-state index contributed by atoms with van der Waals surface area (Å²) in [5, 5.41) is 9.12. The van der Waals surface area contributed by atoms with E-state index in [1.807, 2.05) is 0 Å². The first-order chi connectivity index (χ1) is 9.72. The molecule has 0 amide bonds. The van der Waals surface area contributed by atoms with Crippen LogP contribution in [0.4, 0.5) is 4.39 Å². The van der Waals surface area contributed by atoms with Crippen molar-refractivity contribution in [3.8, 4) is 0 Å². The van der Waals surface area contributed by atoms with Gasteiger partial charge in [0.05, 0.1) is 11.5 Å². The van der Waals surface area contributed by atoms with Crippen molar-refractivity contribution in [2.75, 3.05) is 6.54 Å². The minimum Gasteiger partial charge on any atom is -0.392 e. The van der Waals surface area contributed by atoms with E-state index in [-0.39, 0.29) is 21.4 Å². The van der Waals surface area contributed by atoms with E-state index in [9.17, 15) is 12.8 Å². The summed E-state index contributed by atoms with van der Waals surface area (Å²) in [6, 6.07) is 2.49. The van der Waals surface area contributed by atoms with Crippen LogP contribution in [0.3, 0.4) is 0 Å². The maximum Gasteiger partial charge on any atom is 0.240 e. The largest absolute Gasteiger partial charge is 0.392 e. The average Bonchev–Trinajstić information content (AvgIpc) is 3.20. The lowest BCUT2D eigenvalue weighted by Crippen LogP contribution is -2.32. The van der Waals surface area contributed by atoms with Crippen LogP contribution in [0.2, 0.25) is 0 Å². The van der Waals surface area contributed by atoms with Crippen LogP contribution < -0.4 is 4.72 Å². The summed E-state index contributed by atoms with van der Waals surface area (Å²) in [5.74, 6) is -0.138. The molecule has 0 radical (unpaired) electrons. The van der Waals surface area contributed by atoms with Gasteiger partial charge in [0.1, 0.15) is 5.82 Å². The van der Waals surface area contributed by atoms with Crippen LogP contribution in [0.15, 0.2) is 17.0 Å². The number of aryl methyl sites for hydroxylation is 1. The van der Waals surface area contributed by atoms with Crippen molar-refractivity contribution in [1.29, 1.82) is 0 Å². The second-order valence-corrected chi connectivity index (χ2v) is 7.98. The third kappa shape index (κ3) is 3.27. The van der Waals surface area contributed by atoms with Gasteiger partial charge in [0.25, 0.3) is 0 Å². The van der Waals surface area contributed by atoms with Crippen molar-refractivity contribution in [2.45, 2.75) is 45.1 Å². The molecule has 2 N–H and O–H groups in total. The van der Waals surface area contributed by atoms with E-state index in [0.717, 1.165) is 12.8 Å². The van der Waals surface area contributed by atoms with E-state index in [0.29, 0.717) is 12.5 Å². The smallest absolute Gasteiger partial charge is 0.240 e. The number of benzene rings is 1. The normalized spacial score (nSPS) is 17.2. The van der Waals surface area contributed by atoms with Gasteiger partial charge in [-0.3, -0.25) is 0 Å². The fourth-order valence-electron chi connectivity index (χ4n) is 2.52. The number of hydrogen-bond donors (Lipinski definition) is 2. The minimum absolute atomic E-state index is 0.000342. The molecule has 1 aliphatic rings. The maximum absolute atomic E-state index is 13.7. The number of aliphatic hydroxyl groups excluding tert-OH is 1. The fraction of sp³-hybridized carbons (Fsp3) is 0.600. The topological polar surface area (TPSA) is 66.4 Å². The second kappa shape index (κ2) is 5.66. The van der Waals surface area contributed by atoms with E-state index < -0.39 is 22.4 Å². The number of rotatable bonds is 6. The summed E-state index contributed by atoms with van der Waals surface area (Å²) in [6.07, 6.45) is 2.05. The zero-order valence-electron chi connectivity index (χ0n) is 12.6. The molecular weight excluding hydrogens is 293 g/mol. The molecule has 4 nitrogen and oxygen atoms in total. The van der Waals surface area contributed by atoms with E-state index in [2.05, 4.69) is 18.6 Å². The van der Waals surface area contributed by atoms with Gasteiger partial charge in [-0.25, -0.2) is 17.5 Å². The Hall–Kier alpha value is -0.980. The molecular formula is C15H22FNO3S. The summed E-state index contributed by atoms with van der Waals surface area (Å²) in [7, 11) is -3.69. The highest BCUT2D eigenvalue weighted by Crippen LogP contribution is 2.51. The highest BCUT2D eigenvalue weighted by atomic mass is 32.2. The second-order valence-electron chi connectivity index (χ2n) is 6.21. The first kappa shape index (κ1) is 16.4. The third-order valence-corrected chi connectivity index (χ3v) is 5.90. The molecule has 2 rings (SSSR count). The molecule has 0 saturated heterocycles. The van der Waals surface area contributed by atoms with Crippen molar-refractivity contribution in [1.82, 2.24) is 4.72 Å². The number of nitrogens with one attached hydrogen (secondary N) is 1. The Morgan fingerprint density at radius 1 is 1.38 bits per heavy atom. The molecule has 0 bridgehead atoms. The van der Waals surface area contributed by atoms with E-state index in [1.54, 1.807) is 0 Å². The van der Waals surface area contributed by atoms with Gasteiger partial charge in [-0.2, -0.15) is 0 Å². The van der Waals surface area contributed by atoms with Crippen LogP contribution in [-0.4, -0.2) is 20.1 Å². The highest BCUT2D eigenvalue weighted by Gasteiger charge is 2.45. The summed E-state index contributed by atoms with van der Waals surface area (Å²) in [6.45, 7) is 5.55. The van der Waals surface area contributed by atoms with Gasteiger partial charge in [0, 0.05) is 12.1 Å². The molecule has 0 atom stereocenters. The Balaban J connectivity index is 2.22. The van der Waals surface area contributed by atoms with Crippen molar-refractivity contribution in [2.24, 2.45) is 11.3 Å². The van der Waals surface area contributed by atoms with Crippen molar-refractivity contribution >= 4 is 10.0 Å². The molecule has 0 heterocycles. The van der Waals surface area contributed by atoms with E-state index in [1.165, 1.54) is 19.1 Å². The molecule has 118 valence electrons. The standard InChI is InChI=1S/C15H22FNO3S/c1-10(2)15(4-5-15)9-17-21(19,20)13-6-11(3)14(16)12(7-13)8-18/h6-7,10,17-18H,4-5,8-9H2,1-3H3. The Kier molecular flexibility index (Phi) is 4.42. The highest BCUT2D eigenvalue weighted by molar-refractivity contribution is 7.89. The molecule has 0 spiro atoms.